The second kappa shape index (κ2) is 7.19. The lowest BCUT2D eigenvalue weighted by molar-refractivity contribution is 0.271. The largest absolute Gasteiger partial charge is 0.493 e. The van der Waals surface area contributed by atoms with Crippen LogP contribution in [0.5, 0.6) is 5.75 Å². The van der Waals surface area contributed by atoms with E-state index in [1.807, 2.05) is 54.6 Å². The molecule has 0 bridgehead atoms. The molecule has 2 aromatic carbocycles. The van der Waals surface area contributed by atoms with Crippen molar-refractivity contribution >= 4 is 11.5 Å². The van der Waals surface area contributed by atoms with E-state index in [1.54, 1.807) is 6.20 Å². The molecule has 0 amide bonds. The summed E-state index contributed by atoms with van der Waals surface area (Å²) in [6.07, 6.45) is 1.66. The minimum Gasteiger partial charge on any atom is -0.493 e. The van der Waals surface area contributed by atoms with Crippen LogP contribution in [0.4, 0.5) is 5.82 Å². The highest BCUT2D eigenvalue weighted by Gasteiger charge is 2.14. The van der Waals surface area contributed by atoms with Gasteiger partial charge in [-0.3, -0.25) is 0 Å². The lowest BCUT2D eigenvalue weighted by Gasteiger charge is -2.09. The molecule has 0 aliphatic heterocycles. The third kappa shape index (κ3) is 3.34. The molecular formula is C21H21N5O2. The van der Waals surface area contributed by atoms with Crippen molar-refractivity contribution in [2.24, 2.45) is 5.92 Å². The molecule has 4 aromatic rings. The van der Waals surface area contributed by atoms with Gasteiger partial charge in [0.25, 0.3) is 0 Å². The standard InChI is InChI=1S/C21H21N5O2/c1-14(2)13-28-17-10-8-15(9-11-17)18-12-25-20(19(22)23-18)24-26(21(25)27)16-6-4-3-5-7-16/h3-12,14H,13H2,1-2H3,(H2,22,23). The first kappa shape index (κ1) is 17.8. The van der Waals surface area contributed by atoms with Crippen LogP contribution in [-0.2, 0) is 0 Å². The van der Waals surface area contributed by atoms with Crippen LogP contribution in [0.15, 0.2) is 65.6 Å². The summed E-state index contributed by atoms with van der Waals surface area (Å²) < 4.78 is 8.45. The van der Waals surface area contributed by atoms with Gasteiger partial charge < -0.3 is 10.5 Å². The fourth-order valence-electron chi connectivity index (χ4n) is 2.86. The predicted molar refractivity (Wildman–Crippen MR) is 109 cm³/mol. The van der Waals surface area contributed by atoms with E-state index in [1.165, 1.54) is 9.08 Å². The molecule has 0 saturated carbocycles. The fourth-order valence-corrected chi connectivity index (χ4v) is 2.86. The number of nitrogens with two attached hydrogens (primary N) is 1. The molecule has 28 heavy (non-hydrogen) atoms. The number of hydrogen-bond donors (Lipinski definition) is 1. The smallest absolute Gasteiger partial charge is 0.355 e. The number of nitrogens with zero attached hydrogens (tertiary/aromatic N) is 4. The van der Waals surface area contributed by atoms with Crippen LogP contribution in [-0.4, -0.2) is 25.8 Å². The number of fused-ring (bicyclic) bond motifs is 1. The van der Waals surface area contributed by atoms with Gasteiger partial charge in [-0.2, -0.15) is 4.68 Å². The molecule has 7 heteroatoms. The van der Waals surface area contributed by atoms with Gasteiger partial charge in [0.05, 0.1) is 18.0 Å². The molecule has 7 nitrogen and oxygen atoms in total. The Kier molecular flexibility index (Phi) is 4.57. The minimum absolute atomic E-state index is 0.199. The third-order valence-electron chi connectivity index (χ3n) is 4.27. The quantitative estimate of drug-likeness (QED) is 0.579. The molecule has 2 aromatic heterocycles. The number of aromatic nitrogens is 4. The summed E-state index contributed by atoms with van der Waals surface area (Å²) in [7, 11) is 0. The molecule has 0 aliphatic carbocycles. The summed E-state index contributed by atoms with van der Waals surface area (Å²) >= 11 is 0. The average molecular weight is 375 g/mol. The molecule has 2 heterocycles. The number of benzene rings is 2. The van der Waals surface area contributed by atoms with Crippen LogP contribution in [0.1, 0.15) is 13.8 Å². The number of ether oxygens (including phenoxy) is 1. The van der Waals surface area contributed by atoms with Gasteiger partial charge in [0.2, 0.25) is 5.65 Å². The lowest BCUT2D eigenvalue weighted by atomic mass is 10.1. The molecule has 0 aliphatic rings. The fraction of sp³-hybridized carbons (Fsp3) is 0.190. The van der Waals surface area contributed by atoms with Gasteiger partial charge >= 0.3 is 5.69 Å². The van der Waals surface area contributed by atoms with E-state index in [4.69, 9.17) is 10.5 Å². The topological polar surface area (TPSA) is 87.4 Å². The molecule has 142 valence electrons. The van der Waals surface area contributed by atoms with Gasteiger partial charge in [-0.1, -0.05) is 32.0 Å². The summed E-state index contributed by atoms with van der Waals surface area (Å²) in [5.41, 5.74) is 8.23. The molecule has 0 unspecified atom stereocenters. The highest BCUT2D eigenvalue weighted by molar-refractivity contribution is 5.67. The maximum absolute atomic E-state index is 12.8. The van der Waals surface area contributed by atoms with Crippen molar-refractivity contribution in [3.05, 3.63) is 71.3 Å². The van der Waals surface area contributed by atoms with E-state index >= 15 is 0 Å². The Morgan fingerprint density at radius 1 is 1.07 bits per heavy atom. The maximum Gasteiger partial charge on any atom is 0.355 e. The summed E-state index contributed by atoms with van der Waals surface area (Å²) in [5, 5.41) is 4.33. The Morgan fingerprint density at radius 2 is 1.79 bits per heavy atom. The van der Waals surface area contributed by atoms with Crippen molar-refractivity contribution in [2.75, 3.05) is 12.3 Å². The molecule has 0 spiro atoms. The van der Waals surface area contributed by atoms with Crippen LogP contribution >= 0.6 is 0 Å². The second-order valence-corrected chi connectivity index (χ2v) is 6.96. The first-order valence-electron chi connectivity index (χ1n) is 9.09. The zero-order valence-electron chi connectivity index (χ0n) is 15.7. The van der Waals surface area contributed by atoms with Crippen molar-refractivity contribution in [1.82, 2.24) is 19.2 Å². The molecule has 2 N–H and O–H groups in total. The van der Waals surface area contributed by atoms with Gasteiger partial charge in [-0.15, -0.1) is 5.10 Å². The van der Waals surface area contributed by atoms with E-state index in [2.05, 4.69) is 23.9 Å². The van der Waals surface area contributed by atoms with E-state index < -0.39 is 0 Å². The van der Waals surface area contributed by atoms with Crippen molar-refractivity contribution in [3.63, 3.8) is 0 Å². The Hall–Kier alpha value is -3.61. The van der Waals surface area contributed by atoms with E-state index in [0.717, 1.165) is 11.3 Å². The van der Waals surface area contributed by atoms with Gasteiger partial charge in [0.15, 0.2) is 5.82 Å². The highest BCUT2D eigenvalue weighted by atomic mass is 16.5. The summed E-state index contributed by atoms with van der Waals surface area (Å²) in [4.78, 5) is 17.3. The van der Waals surface area contributed by atoms with Crippen LogP contribution in [0.3, 0.4) is 0 Å². The second-order valence-electron chi connectivity index (χ2n) is 6.96. The Balaban J connectivity index is 1.73. The number of rotatable bonds is 5. The van der Waals surface area contributed by atoms with Crippen molar-refractivity contribution < 1.29 is 4.74 Å². The predicted octanol–water partition coefficient (Wildman–Crippen LogP) is 3.16. The summed E-state index contributed by atoms with van der Waals surface area (Å²) in [5.74, 6) is 1.45. The first-order valence-corrected chi connectivity index (χ1v) is 9.09. The minimum atomic E-state index is -0.298. The van der Waals surface area contributed by atoms with Crippen LogP contribution < -0.4 is 16.2 Å². The van der Waals surface area contributed by atoms with Gasteiger partial charge in [0, 0.05) is 11.8 Å². The molecule has 0 atom stereocenters. The van der Waals surface area contributed by atoms with Crippen LogP contribution in [0.25, 0.3) is 22.6 Å². The van der Waals surface area contributed by atoms with Crippen LogP contribution in [0.2, 0.25) is 0 Å². The highest BCUT2D eigenvalue weighted by Crippen LogP contribution is 2.23. The monoisotopic (exact) mass is 375 g/mol. The van der Waals surface area contributed by atoms with Crippen molar-refractivity contribution in [3.8, 4) is 22.7 Å². The summed E-state index contributed by atoms with van der Waals surface area (Å²) in [6, 6.07) is 16.8. The molecule has 0 fully saturated rings. The number of nitrogen functional groups attached to an aromatic ring is 1. The number of anilines is 1. The van der Waals surface area contributed by atoms with E-state index in [9.17, 15) is 4.79 Å². The SMILES string of the molecule is CC(C)COc1ccc(-c2cn3c(=O)n(-c4ccccc4)nc3c(N)n2)cc1. The van der Waals surface area contributed by atoms with Crippen LogP contribution in [0, 0.1) is 5.92 Å². The number of para-hydroxylation sites is 1. The molecule has 0 radical (unpaired) electrons. The zero-order valence-corrected chi connectivity index (χ0v) is 15.7. The van der Waals surface area contributed by atoms with Crippen molar-refractivity contribution in [1.29, 1.82) is 0 Å². The van der Waals surface area contributed by atoms with Gasteiger partial charge in [0.1, 0.15) is 5.75 Å². The lowest BCUT2D eigenvalue weighted by Crippen LogP contribution is -2.19. The zero-order chi connectivity index (χ0) is 19.7. The van der Waals surface area contributed by atoms with Gasteiger partial charge in [-0.25, -0.2) is 14.2 Å². The Morgan fingerprint density at radius 3 is 2.46 bits per heavy atom. The van der Waals surface area contributed by atoms with E-state index in [-0.39, 0.29) is 11.5 Å². The number of hydrogen-bond acceptors (Lipinski definition) is 5. The van der Waals surface area contributed by atoms with E-state index in [0.29, 0.717) is 29.6 Å². The third-order valence-corrected chi connectivity index (χ3v) is 4.27. The first-order chi connectivity index (χ1) is 13.5. The summed E-state index contributed by atoms with van der Waals surface area (Å²) in [6.45, 7) is 4.86. The average Bonchev–Trinajstić information content (AvgIpc) is 3.05. The van der Waals surface area contributed by atoms with Crippen molar-refractivity contribution in [2.45, 2.75) is 13.8 Å². The molecule has 4 rings (SSSR count). The maximum atomic E-state index is 12.8. The molecule has 0 saturated heterocycles. The normalized spacial score (nSPS) is 11.2. The molecular weight excluding hydrogens is 354 g/mol. The van der Waals surface area contributed by atoms with Gasteiger partial charge in [-0.05, 0) is 42.3 Å². The Bertz CT molecular complexity index is 1160. The Labute approximate surface area is 162 Å².